The normalized spacial score (nSPS) is 12.6. The van der Waals surface area contributed by atoms with E-state index >= 15 is 0 Å². The van der Waals surface area contributed by atoms with Crippen LogP contribution in [0, 0.1) is 0 Å². The molecule has 2 heterocycles. The zero-order valence-electron chi connectivity index (χ0n) is 10.8. The summed E-state index contributed by atoms with van der Waals surface area (Å²) in [7, 11) is 3.32. The highest BCUT2D eigenvalue weighted by atomic mass is 79.9. The molecule has 1 atom stereocenters. The SMILES string of the molecule is COCCn1ncc(Br)c1C(N)c1sccc1OC. The molecule has 0 radical (unpaired) electrons. The van der Waals surface area contributed by atoms with Crippen LogP contribution < -0.4 is 10.5 Å². The van der Waals surface area contributed by atoms with Gasteiger partial charge in [-0.05, 0) is 27.4 Å². The zero-order valence-corrected chi connectivity index (χ0v) is 13.2. The van der Waals surface area contributed by atoms with Crippen molar-refractivity contribution >= 4 is 27.3 Å². The minimum absolute atomic E-state index is 0.274. The van der Waals surface area contributed by atoms with Gasteiger partial charge in [-0.3, -0.25) is 4.68 Å². The maximum absolute atomic E-state index is 6.35. The van der Waals surface area contributed by atoms with Gasteiger partial charge >= 0.3 is 0 Å². The lowest BCUT2D eigenvalue weighted by molar-refractivity contribution is 0.182. The Kier molecular flexibility index (Phi) is 4.98. The second-order valence-electron chi connectivity index (χ2n) is 3.92. The smallest absolute Gasteiger partial charge is 0.134 e. The predicted molar refractivity (Wildman–Crippen MR) is 78.7 cm³/mol. The number of hydrogen-bond donors (Lipinski definition) is 1. The molecule has 104 valence electrons. The number of ether oxygens (including phenoxy) is 2. The van der Waals surface area contributed by atoms with Gasteiger partial charge in [-0.15, -0.1) is 11.3 Å². The molecule has 0 fully saturated rings. The van der Waals surface area contributed by atoms with Crippen LogP contribution in [0.25, 0.3) is 0 Å². The van der Waals surface area contributed by atoms with Gasteiger partial charge in [-0.2, -0.15) is 5.10 Å². The van der Waals surface area contributed by atoms with Crippen molar-refractivity contribution in [2.45, 2.75) is 12.6 Å². The highest BCUT2D eigenvalue weighted by Gasteiger charge is 2.22. The maximum Gasteiger partial charge on any atom is 0.134 e. The topological polar surface area (TPSA) is 62.3 Å². The van der Waals surface area contributed by atoms with E-state index in [9.17, 15) is 0 Å². The summed E-state index contributed by atoms with van der Waals surface area (Å²) >= 11 is 5.08. The molecule has 0 amide bonds. The first kappa shape index (κ1) is 14.5. The van der Waals surface area contributed by atoms with Crippen LogP contribution in [-0.2, 0) is 11.3 Å². The summed E-state index contributed by atoms with van der Waals surface area (Å²) in [6, 6.07) is 1.65. The number of thiophene rings is 1. The van der Waals surface area contributed by atoms with E-state index in [1.807, 2.05) is 16.1 Å². The molecule has 0 aliphatic carbocycles. The quantitative estimate of drug-likeness (QED) is 0.873. The number of rotatable bonds is 6. The fraction of sp³-hybridized carbons (Fsp3) is 0.417. The molecule has 0 bridgehead atoms. The average Bonchev–Trinajstić information content (AvgIpc) is 3.02. The molecule has 7 heteroatoms. The first-order valence-corrected chi connectivity index (χ1v) is 7.43. The Labute approximate surface area is 124 Å². The van der Waals surface area contributed by atoms with E-state index in [1.54, 1.807) is 31.8 Å². The largest absolute Gasteiger partial charge is 0.496 e. The first-order chi connectivity index (χ1) is 9.19. The van der Waals surface area contributed by atoms with Crippen molar-refractivity contribution in [3.63, 3.8) is 0 Å². The molecule has 2 aromatic heterocycles. The highest BCUT2D eigenvalue weighted by Crippen LogP contribution is 2.35. The molecular formula is C12H16BrN3O2S. The number of hydrogen-bond acceptors (Lipinski definition) is 5. The standard InChI is InChI=1S/C12H16BrN3O2S/c1-17-5-4-16-11(8(13)7-15-16)10(14)12-9(18-2)3-6-19-12/h3,6-7,10H,4-5,14H2,1-2H3. The molecule has 5 nitrogen and oxygen atoms in total. The predicted octanol–water partition coefficient (Wildman–Crippen LogP) is 2.41. The van der Waals surface area contributed by atoms with E-state index in [0.29, 0.717) is 13.2 Å². The van der Waals surface area contributed by atoms with Crippen LogP contribution in [0.5, 0.6) is 5.75 Å². The molecular weight excluding hydrogens is 330 g/mol. The molecule has 2 rings (SSSR count). The second kappa shape index (κ2) is 6.51. The van der Waals surface area contributed by atoms with Gasteiger partial charge in [0.2, 0.25) is 0 Å². The third-order valence-corrected chi connectivity index (χ3v) is 4.39. The van der Waals surface area contributed by atoms with E-state index in [4.69, 9.17) is 15.2 Å². The lowest BCUT2D eigenvalue weighted by Gasteiger charge is -2.15. The third-order valence-electron chi connectivity index (χ3n) is 2.79. The van der Waals surface area contributed by atoms with Crippen molar-refractivity contribution < 1.29 is 9.47 Å². The molecule has 0 saturated carbocycles. The number of aromatic nitrogens is 2. The molecule has 0 saturated heterocycles. The molecule has 1 unspecified atom stereocenters. The summed E-state index contributed by atoms with van der Waals surface area (Å²) < 4.78 is 13.2. The molecule has 2 aromatic rings. The van der Waals surface area contributed by atoms with Crippen LogP contribution in [0.1, 0.15) is 16.6 Å². The summed E-state index contributed by atoms with van der Waals surface area (Å²) in [4.78, 5) is 0.988. The van der Waals surface area contributed by atoms with E-state index in [2.05, 4.69) is 21.0 Å². The zero-order chi connectivity index (χ0) is 13.8. The monoisotopic (exact) mass is 345 g/mol. The minimum Gasteiger partial charge on any atom is -0.496 e. The molecule has 19 heavy (non-hydrogen) atoms. The molecule has 2 N–H and O–H groups in total. The van der Waals surface area contributed by atoms with Crippen molar-refractivity contribution in [1.82, 2.24) is 9.78 Å². The molecule has 0 aromatic carbocycles. The van der Waals surface area contributed by atoms with Crippen molar-refractivity contribution in [1.29, 1.82) is 0 Å². The van der Waals surface area contributed by atoms with Crippen LogP contribution in [0.4, 0.5) is 0 Å². The lowest BCUT2D eigenvalue weighted by Crippen LogP contribution is -2.19. The Bertz CT molecular complexity index is 541. The average molecular weight is 346 g/mol. The van der Waals surface area contributed by atoms with Crippen molar-refractivity contribution in [3.8, 4) is 5.75 Å². The van der Waals surface area contributed by atoms with Crippen LogP contribution in [0.3, 0.4) is 0 Å². The Hall–Kier alpha value is -0.890. The Morgan fingerprint density at radius 3 is 3.00 bits per heavy atom. The summed E-state index contributed by atoms with van der Waals surface area (Å²) in [5.74, 6) is 0.809. The van der Waals surface area contributed by atoms with E-state index in [1.165, 1.54) is 0 Å². The van der Waals surface area contributed by atoms with E-state index in [0.717, 1.165) is 20.8 Å². The van der Waals surface area contributed by atoms with Crippen LogP contribution in [0.2, 0.25) is 0 Å². The summed E-state index contributed by atoms with van der Waals surface area (Å²) in [5.41, 5.74) is 7.28. The maximum atomic E-state index is 6.35. The Morgan fingerprint density at radius 2 is 2.32 bits per heavy atom. The summed E-state index contributed by atoms with van der Waals surface area (Å²) in [6.45, 7) is 1.26. The number of nitrogens with two attached hydrogens (primary N) is 1. The van der Waals surface area contributed by atoms with Gasteiger partial charge in [0.25, 0.3) is 0 Å². The fourth-order valence-corrected chi connectivity index (χ4v) is 3.27. The van der Waals surface area contributed by atoms with Crippen LogP contribution in [0.15, 0.2) is 22.1 Å². The van der Waals surface area contributed by atoms with E-state index < -0.39 is 0 Å². The summed E-state index contributed by atoms with van der Waals surface area (Å²) in [6.07, 6.45) is 1.75. The van der Waals surface area contributed by atoms with Crippen molar-refractivity contribution in [2.24, 2.45) is 5.73 Å². The van der Waals surface area contributed by atoms with Crippen molar-refractivity contribution in [2.75, 3.05) is 20.8 Å². The van der Waals surface area contributed by atoms with Gasteiger partial charge in [0, 0.05) is 7.11 Å². The van der Waals surface area contributed by atoms with Gasteiger partial charge in [0.15, 0.2) is 0 Å². The van der Waals surface area contributed by atoms with Crippen molar-refractivity contribution in [3.05, 3.63) is 32.7 Å². The van der Waals surface area contributed by atoms with Crippen LogP contribution >= 0.6 is 27.3 Å². The van der Waals surface area contributed by atoms with Gasteiger partial charge in [0.1, 0.15) is 5.75 Å². The van der Waals surface area contributed by atoms with Gasteiger partial charge in [-0.1, -0.05) is 0 Å². The molecule has 0 spiro atoms. The van der Waals surface area contributed by atoms with Gasteiger partial charge in [0.05, 0.1) is 47.5 Å². The van der Waals surface area contributed by atoms with Gasteiger partial charge in [-0.25, -0.2) is 0 Å². The number of methoxy groups -OCH3 is 2. The second-order valence-corrected chi connectivity index (χ2v) is 5.73. The minimum atomic E-state index is -0.274. The Morgan fingerprint density at radius 1 is 1.53 bits per heavy atom. The number of halogens is 1. The fourth-order valence-electron chi connectivity index (χ4n) is 1.87. The Balaban J connectivity index is 2.32. The number of nitrogens with zero attached hydrogens (tertiary/aromatic N) is 2. The third kappa shape index (κ3) is 3.00. The van der Waals surface area contributed by atoms with E-state index in [-0.39, 0.29) is 6.04 Å². The molecule has 0 aliphatic heterocycles. The lowest BCUT2D eigenvalue weighted by atomic mass is 10.1. The van der Waals surface area contributed by atoms with Gasteiger partial charge < -0.3 is 15.2 Å². The first-order valence-electron chi connectivity index (χ1n) is 5.76. The highest BCUT2D eigenvalue weighted by molar-refractivity contribution is 9.10. The molecule has 0 aliphatic rings. The summed E-state index contributed by atoms with van der Waals surface area (Å²) in [5, 5.41) is 6.28. The van der Waals surface area contributed by atoms with Crippen LogP contribution in [-0.4, -0.2) is 30.6 Å².